The molecule has 0 amide bonds. The summed E-state index contributed by atoms with van der Waals surface area (Å²) in [5.74, 6) is 0.761. The standard InChI is InChI=1S/C42H44N4O2/c47-37-39(33-13-5-1-6-14-33)25-43-21-23-45-29-41(35-17-9-3-10-18-35)30-46(32-42(31-45,38(41)48)36-19-11-4-12-20-36)24-22-44(26-39)28-40(37,27-43)34-15-7-2-8-16-34/h1-20H,21-32H2. The molecule has 8 aliphatic heterocycles. The van der Waals surface area contributed by atoms with Crippen LogP contribution in [0.4, 0.5) is 0 Å². The Morgan fingerprint density at radius 1 is 0.312 bits per heavy atom. The zero-order chi connectivity index (χ0) is 32.4. The maximum Gasteiger partial charge on any atom is 0.159 e. The zero-order valence-corrected chi connectivity index (χ0v) is 27.6. The molecule has 8 aliphatic rings. The third-order valence-electron chi connectivity index (χ3n) is 12.5. The van der Waals surface area contributed by atoms with Crippen molar-refractivity contribution in [3.63, 3.8) is 0 Å². The number of nitrogens with zero attached hydrogens (tertiary/aromatic N) is 4. The van der Waals surface area contributed by atoms with E-state index in [1.54, 1.807) is 0 Å². The molecule has 0 aromatic heterocycles. The van der Waals surface area contributed by atoms with Gasteiger partial charge in [0.15, 0.2) is 11.6 Å². The number of rotatable bonds is 4. The highest BCUT2D eigenvalue weighted by Gasteiger charge is 2.63. The highest BCUT2D eigenvalue weighted by atomic mass is 16.1. The van der Waals surface area contributed by atoms with Crippen LogP contribution < -0.4 is 0 Å². The van der Waals surface area contributed by atoms with Crippen molar-refractivity contribution in [1.29, 1.82) is 0 Å². The van der Waals surface area contributed by atoms with Gasteiger partial charge >= 0.3 is 0 Å². The maximum absolute atomic E-state index is 15.1. The molecule has 8 saturated heterocycles. The third kappa shape index (κ3) is 4.46. The van der Waals surface area contributed by atoms with E-state index in [1.165, 1.54) is 0 Å². The molecule has 6 heteroatoms. The molecule has 8 fully saturated rings. The SMILES string of the molecule is O=C1C2(c3ccccc3)CN3CCN4CC5(c6ccccc6)CN(CCN(C2)CC1(c1ccccc1)C3)CC(c1ccccc1)(C4)C5=O. The average molecular weight is 637 g/mol. The minimum absolute atomic E-state index is 0.380. The first kappa shape index (κ1) is 30.1. The second-order valence-corrected chi connectivity index (χ2v) is 15.3. The van der Waals surface area contributed by atoms with Crippen LogP contribution in [0.25, 0.3) is 0 Å². The summed E-state index contributed by atoms with van der Waals surface area (Å²) in [6.45, 7) is 9.11. The largest absolute Gasteiger partial charge is 0.299 e. The molecule has 0 saturated carbocycles. The summed E-state index contributed by atoms with van der Waals surface area (Å²) < 4.78 is 0. The van der Waals surface area contributed by atoms with Crippen molar-refractivity contribution in [2.24, 2.45) is 0 Å². The first-order chi connectivity index (χ1) is 23.5. The molecular weight excluding hydrogens is 592 g/mol. The number of ketones is 2. The van der Waals surface area contributed by atoms with Gasteiger partial charge in [0.25, 0.3) is 0 Å². The summed E-state index contributed by atoms with van der Waals surface area (Å²) in [5, 5.41) is 0. The van der Waals surface area contributed by atoms with Gasteiger partial charge in [0, 0.05) is 78.5 Å². The first-order valence-electron chi connectivity index (χ1n) is 17.7. The molecule has 8 bridgehead atoms. The number of Topliss-reactive ketones (excluding diaryl/α,β-unsaturated/α-hetero) is 2. The molecule has 0 spiro atoms. The van der Waals surface area contributed by atoms with Crippen molar-refractivity contribution >= 4 is 11.6 Å². The molecule has 0 atom stereocenters. The van der Waals surface area contributed by atoms with Crippen LogP contribution in [0.1, 0.15) is 22.3 Å². The highest BCUT2D eigenvalue weighted by molar-refractivity contribution is 6.02. The van der Waals surface area contributed by atoms with Crippen molar-refractivity contribution in [3.05, 3.63) is 144 Å². The lowest BCUT2D eigenvalue weighted by atomic mass is 9.57. The Balaban J connectivity index is 1.18. The summed E-state index contributed by atoms with van der Waals surface area (Å²) in [6.07, 6.45) is 0. The minimum Gasteiger partial charge on any atom is -0.299 e. The molecule has 8 heterocycles. The number of carbonyl (C=O) groups is 2. The fourth-order valence-corrected chi connectivity index (χ4v) is 10.4. The van der Waals surface area contributed by atoms with Crippen molar-refractivity contribution in [2.45, 2.75) is 21.7 Å². The lowest BCUT2D eigenvalue weighted by molar-refractivity contribution is -0.149. The Bertz CT molecular complexity index is 1520. The molecule has 0 radical (unpaired) electrons. The van der Waals surface area contributed by atoms with Gasteiger partial charge < -0.3 is 0 Å². The van der Waals surface area contributed by atoms with Crippen molar-refractivity contribution < 1.29 is 9.59 Å². The molecule has 0 unspecified atom stereocenters. The topological polar surface area (TPSA) is 47.1 Å². The van der Waals surface area contributed by atoms with E-state index in [2.05, 4.69) is 141 Å². The second-order valence-electron chi connectivity index (χ2n) is 15.3. The second kappa shape index (κ2) is 11.3. The number of benzene rings is 4. The summed E-state index contributed by atoms with van der Waals surface area (Å²) in [7, 11) is 0. The van der Waals surface area contributed by atoms with Crippen LogP contribution in [-0.4, -0.2) is 110 Å². The molecular formula is C42H44N4O2. The van der Waals surface area contributed by atoms with Crippen LogP contribution in [0, 0.1) is 0 Å². The average Bonchev–Trinajstić information content (AvgIpc) is 3.12. The molecule has 0 aliphatic carbocycles. The maximum atomic E-state index is 15.1. The van der Waals surface area contributed by atoms with E-state index in [0.717, 1.165) is 48.4 Å². The summed E-state index contributed by atoms with van der Waals surface area (Å²) in [5.41, 5.74) is 2.12. The zero-order valence-electron chi connectivity index (χ0n) is 27.6. The van der Waals surface area contributed by atoms with Crippen LogP contribution in [0.5, 0.6) is 0 Å². The van der Waals surface area contributed by atoms with Gasteiger partial charge in [-0.3, -0.25) is 29.2 Å². The minimum atomic E-state index is -0.605. The lowest BCUT2D eigenvalue weighted by Gasteiger charge is -2.60. The van der Waals surface area contributed by atoms with Crippen LogP contribution in [0.3, 0.4) is 0 Å². The predicted molar refractivity (Wildman–Crippen MR) is 188 cm³/mol. The van der Waals surface area contributed by atoms with E-state index in [0.29, 0.717) is 63.9 Å². The van der Waals surface area contributed by atoms with Gasteiger partial charge in [-0.1, -0.05) is 121 Å². The van der Waals surface area contributed by atoms with Gasteiger partial charge in [-0.15, -0.1) is 0 Å². The van der Waals surface area contributed by atoms with E-state index < -0.39 is 21.7 Å². The van der Waals surface area contributed by atoms with Gasteiger partial charge in [0.2, 0.25) is 0 Å². The summed E-state index contributed by atoms with van der Waals surface area (Å²) >= 11 is 0. The molecule has 4 aromatic rings. The Hall–Kier alpha value is -3.94. The van der Waals surface area contributed by atoms with Crippen LogP contribution in [0.2, 0.25) is 0 Å². The fourth-order valence-electron chi connectivity index (χ4n) is 10.4. The van der Waals surface area contributed by atoms with E-state index in [9.17, 15) is 0 Å². The van der Waals surface area contributed by atoms with E-state index >= 15 is 9.59 Å². The Kier molecular flexibility index (Phi) is 7.10. The fraction of sp³-hybridized carbons (Fsp3) is 0.381. The van der Waals surface area contributed by atoms with Crippen molar-refractivity contribution in [2.75, 3.05) is 78.5 Å². The van der Waals surface area contributed by atoms with Crippen LogP contribution in [-0.2, 0) is 31.2 Å². The molecule has 6 nitrogen and oxygen atoms in total. The van der Waals surface area contributed by atoms with Gasteiger partial charge in [-0.25, -0.2) is 0 Å². The summed E-state index contributed by atoms with van der Waals surface area (Å²) in [6, 6.07) is 42.4. The Labute approximate surface area is 284 Å². The number of carbonyl (C=O) groups excluding carboxylic acids is 2. The normalized spacial score (nSPS) is 37.4. The Morgan fingerprint density at radius 2 is 0.500 bits per heavy atom. The van der Waals surface area contributed by atoms with Gasteiger partial charge in [-0.2, -0.15) is 0 Å². The van der Waals surface area contributed by atoms with Crippen LogP contribution >= 0.6 is 0 Å². The van der Waals surface area contributed by atoms with E-state index in [1.807, 2.05) is 0 Å². The van der Waals surface area contributed by atoms with Gasteiger partial charge in [-0.05, 0) is 22.3 Å². The smallest absolute Gasteiger partial charge is 0.159 e. The number of hydrogen-bond donors (Lipinski definition) is 0. The summed E-state index contributed by atoms with van der Waals surface area (Å²) in [4.78, 5) is 40.6. The molecule has 4 aromatic carbocycles. The monoisotopic (exact) mass is 636 g/mol. The van der Waals surface area contributed by atoms with Crippen molar-refractivity contribution in [3.8, 4) is 0 Å². The molecule has 0 N–H and O–H groups in total. The number of piperidine rings is 4. The Morgan fingerprint density at radius 3 is 0.688 bits per heavy atom. The number of hydrogen-bond acceptors (Lipinski definition) is 6. The molecule has 48 heavy (non-hydrogen) atoms. The highest BCUT2D eigenvalue weighted by Crippen LogP contribution is 2.49. The van der Waals surface area contributed by atoms with E-state index in [4.69, 9.17) is 0 Å². The van der Waals surface area contributed by atoms with Crippen LogP contribution in [0.15, 0.2) is 121 Å². The van der Waals surface area contributed by atoms with Crippen molar-refractivity contribution in [1.82, 2.24) is 19.6 Å². The first-order valence-corrected chi connectivity index (χ1v) is 17.7. The third-order valence-corrected chi connectivity index (χ3v) is 12.5. The van der Waals surface area contributed by atoms with E-state index in [-0.39, 0.29) is 0 Å². The van der Waals surface area contributed by atoms with Gasteiger partial charge in [0.1, 0.15) is 0 Å². The molecule has 244 valence electrons. The van der Waals surface area contributed by atoms with Gasteiger partial charge in [0.05, 0.1) is 21.7 Å². The lowest BCUT2D eigenvalue weighted by Crippen LogP contribution is -2.76. The quantitative estimate of drug-likeness (QED) is 0.336. The molecule has 12 rings (SSSR count). The predicted octanol–water partition coefficient (Wildman–Crippen LogP) is 4.15.